The summed E-state index contributed by atoms with van der Waals surface area (Å²) in [5, 5.41) is 0. The number of benzene rings is 2. The Labute approximate surface area is 178 Å². The summed E-state index contributed by atoms with van der Waals surface area (Å²) in [5.41, 5.74) is 1.68. The smallest absolute Gasteiger partial charge is 0.410 e. The van der Waals surface area contributed by atoms with E-state index in [1.807, 2.05) is 66.4 Å². The highest BCUT2D eigenvalue weighted by Gasteiger charge is 2.43. The molecule has 2 atom stereocenters. The number of ether oxygens (including phenoxy) is 2. The molecule has 2 aromatic rings. The van der Waals surface area contributed by atoms with Gasteiger partial charge in [-0.15, -0.1) is 0 Å². The Balaban J connectivity index is 1.42. The molecule has 0 spiro atoms. The monoisotopic (exact) mass is 407 g/mol. The predicted molar refractivity (Wildman–Crippen MR) is 115 cm³/mol. The zero-order valence-electron chi connectivity index (χ0n) is 17.5. The van der Waals surface area contributed by atoms with E-state index in [1.54, 1.807) is 0 Å². The molecule has 30 heavy (non-hydrogen) atoms. The van der Waals surface area contributed by atoms with Crippen LogP contribution in [0.1, 0.15) is 54.9 Å². The molecule has 2 heterocycles. The van der Waals surface area contributed by atoms with Crippen LogP contribution in [0, 0.1) is 5.92 Å². The van der Waals surface area contributed by atoms with Gasteiger partial charge in [-0.05, 0) is 56.7 Å². The first-order valence-electron chi connectivity index (χ1n) is 10.9. The van der Waals surface area contributed by atoms with Crippen LogP contribution >= 0.6 is 0 Å². The fourth-order valence-corrected chi connectivity index (χ4v) is 4.83. The van der Waals surface area contributed by atoms with Crippen LogP contribution < -0.4 is 4.74 Å². The van der Waals surface area contributed by atoms with Gasteiger partial charge < -0.3 is 14.4 Å². The van der Waals surface area contributed by atoms with E-state index in [2.05, 4.69) is 0 Å². The summed E-state index contributed by atoms with van der Waals surface area (Å²) in [6.45, 7) is 2.79. The van der Waals surface area contributed by atoms with Crippen molar-refractivity contribution < 1.29 is 19.1 Å². The molecule has 5 nitrogen and oxygen atoms in total. The van der Waals surface area contributed by atoms with E-state index in [9.17, 15) is 9.59 Å². The van der Waals surface area contributed by atoms with Crippen molar-refractivity contribution in [1.82, 2.24) is 4.90 Å². The summed E-state index contributed by atoms with van der Waals surface area (Å²) in [7, 11) is 0. The van der Waals surface area contributed by atoms with Gasteiger partial charge in [0, 0.05) is 23.6 Å². The lowest BCUT2D eigenvalue weighted by Crippen LogP contribution is -2.55. The molecule has 0 radical (unpaired) electrons. The highest BCUT2D eigenvalue weighted by molar-refractivity contribution is 5.98. The fraction of sp³-hybridized carbons (Fsp3) is 0.440. The fourth-order valence-electron chi connectivity index (χ4n) is 4.83. The highest BCUT2D eigenvalue weighted by atomic mass is 16.6. The third kappa shape index (κ3) is 4.50. The molecule has 0 aliphatic carbocycles. The molecule has 5 heteroatoms. The summed E-state index contributed by atoms with van der Waals surface area (Å²) in [4.78, 5) is 27.9. The van der Waals surface area contributed by atoms with Crippen LogP contribution in [0.4, 0.5) is 4.79 Å². The van der Waals surface area contributed by atoms with Crippen molar-refractivity contribution in [1.29, 1.82) is 0 Å². The average Bonchev–Trinajstić information content (AvgIpc) is 2.77. The van der Waals surface area contributed by atoms with Gasteiger partial charge >= 0.3 is 6.09 Å². The van der Waals surface area contributed by atoms with Crippen LogP contribution in [0.25, 0.3) is 0 Å². The molecule has 1 amide bonds. The second-order valence-corrected chi connectivity index (χ2v) is 8.18. The van der Waals surface area contributed by atoms with Crippen LogP contribution in [0.5, 0.6) is 5.75 Å². The van der Waals surface area contributed by atoms with E-state index in [1.165, 1.54) is 0 Å². The van der Waals surface area contributed by atoms with E-state index in [4.69, 9.17) is 9.47 Å². The number of carbonyl (C=O) groups is 2. The molecule has 0 aromatic heterocycles. The largest absolute Gasteiger partial charge is 0.494 e. The summed E-state index contributed by atoms with van der Waals surface area (Å²) in [6.07, 6.45) is 4.11. The topological polar surface area (TPSA) is 55.8 Å². The molecular formula is C25H29NO4. The molecular weight excluding hydrogens is 378 g/mol. The highest BCUT2D eigenvalue weighted by Crippen LogP contribution is 2.39. The van der Waals surface area contributed by atoms with Crippen molar-refractivity contribution in [2.75, 3.05) is 6.61 Å². The van der Waals surface area contributed by atoms with Gasteiger partial charge in [0.1, 0.15) is 12.4 Å². The zero-order valence-corrected chi connectivity index (χ0v) is 17.5. The normalized spacial score (nSPS) is 23.0. The molecule has 2 fully saturated rings. The Morgan fingerprint density at radius 1 is 1.00 bits per heavy atom. The van der Waals surface area contributed by atoms with Gasteiger partial charge in [0.25, 0.3) is 0 Å². The Hall–Kier alpha value is -2.82. The van der Waals surface area contributed by atoms with Crippen LogP contribution in [0.15, 0.2) is 54.6 Å². The number of hydrogen-bond donors (Lipinski definition) is 0. The van der Waals surface area contributed by atoms with Crippen molar-refractivity contribution in [2.45, 2.75) is 57.7 Å². The van der Waals surface area contributed by atoms with Crippen molar-refractivity contribution in [2.24, 2.45) is 5.92 Å². The van der Waals surface area contributed by atoms with Crippen molar-refractivity contribution in [3.63, 3.8) is 0 Å². The first-order chi connectivity index (χ1) is 14.7. The number of ketones is 1. The molecule has 2 bridgehead atoms. The van der Waals surface area contributed by atoms with E-state index in [-0.39, 0.29) is 36.5 Å². The van der Waals surface area contributed by atoms with Gasteiger partial charge in [0.15, 0.2) is 5.78 Å². The number of piperidine rings is 2. The summed E-state index contributed by atoms with van der Waals surface area (Å²) < 4.78 is 11.2. The lowest BCUT2D eigenvalue weighted by atomic mass is 9.76. The Morgan fingerprint density at radius 2 is 1.73 bits per heavy atom. The van der Waals surface area contributed by atoms with E-state index in [0.29, 0.717) is 25.0 Å². The maximum Gasteiger partial charge on any atom is 0.410 e. The number of carbonyl (C=O) groups excluding carboxylic acids is 2. The molecule has 0 saturated carbocycles. The van der Waals surface area contributed by atoms with E-state index < -0.39 is 0 Å². The molecule has 2 aromatic carbocycles. The van der Waals surface area contributed by atoms with E-state index in [0.717, 1.165) is 30.6 Å². The average molecular weight is 408 g/mol. The lowest BCUT2D eigenvalue weighted by molar-refractivity contribution is 0.00472. The standard InChI is InChI=1S/C25H29NO4/c1-2-29-23-13-6-10-19(16-23)24(27)20-14-21-11-7-12-22(15-20)26(21)25(28)30-17-18-8-4-3-5-9-18/h3-6,8-10,13,16,20-22H,2,7,11-12,14-15,17H2,1H3. The SMILES string of the molecule is CCOc1cccc(C(=O)C2CC3CCCC(C2)N3C(=O)OCc2ccccc2)c1. The minimum atomic E-state index is -0.252. The minimum Gasteiger partial charge on any atom is -0.494 e. The first-order valence-corrected chi connectivity index (χ1v) is 10.9. The Kier molecular flexibility index (Phi) is 6.36. The molecule has 4 rings (SSSR count). The molecule has 2 aliphatic rings. The molecule has 158 valence electrons. The van der Waals surface area contributed by atoms with Crippen molar-refractivity contribution >= 4 is 11.9 Å². The van der Waals surface area contributed by atoms with Gasteiger partial charge in [-0.2, -0.15) is 0 Å². The molecule has 2 unspecified atom stereocenters. The summed E-state index contributed by atoms with van der Waals surface area (Å²) in [6, 6.07) is 17.3. The van der Waals surface area contributed by atoms with Crippen LogP contribution in [-0.2, 0) is 11.3 Å². The van der Waals surface area contributed by atoms with E-state index >= 15 is 0 Å². The summed E-state index contributed by atoms with van der Waals surface area (Å²) in [5.74, 6) is 0.826. The number of nitrogens with zero attached hydrogens (tertiary/aromatic N) is 1. The molecule has 2 aliphatic heterocycles. The minimum absolute atomic E-state index is 0.0599. The third-order valence-corrected chi connectivity index (χ3v) is 6.19. The summed E-state index contributed by atoms with van der Waals surface area (Å²) >= 11 is 0. The predicted octanol–water partition coefficient (Wildman–Crippen LogP) is 5.24. The maximum atomic E-state index is 13.2. The number of Topliss-reactive ketones (excluding diaryl/α,β-unsaturated/α-hetero) is 1. The van der Waals surface area contributed by atoms with Gasteiger partial charge in [0.05, 0.1) is 6.61 Å². The first kappa shape index (κ1) is 20.5. The van der Waals surface area contributed by atoms with Gasteiger partial charge in [-0.1, -0.05) is 42.5 Å². The number of hydrogen-bond acceptors (Lipinski definition) is 4. The zero-order chi connectivity index (χ0) is 20.9. The van der Waals surface area contributed by atoms with Gasteiger partial charge in [0.2, 0.25) is 0 Å². The van der Waals surface area contributed by atoms with Crippen molar-refractivity contribution in [3.05, 3.63) is 65.7 Å². The third-order valence-electron chi connectivity index (χ3n) is 6.19. The Morgan fingerprint density at radius 3 is 2.43 bits per heavy atom. The lowest BCUT2D eigenvalue weighted by Gasteiger charge is -2.47. The van der Waals surface area contributed by atoms with Crippen LogP contribution in [0.2, 0.25) is 0 Å². The second kappa shape index (κ2) is 9.33. The van der Waals surface area contributed by atoms with Crippen LogP contribution in [0.3, 0.4) is 0 Å². The number of fused-ring (bicyclic) bond motifs is 2. The van der Waals surface area contributed by atoms with Crippen molar-refractivity contribution in [3.8, 4) is 5.75 Å². The second-order valence-electron chi connectivity index (χ2n) is 8.18. The van der Waals surface area contributed by atoms with Gasteiger partial charge in [-0.3, -0.25) is 4.79 Å². The van der Waals surface area contributed by atoms with Gasteiger partial charge in [-0.25, -0.2) is 4.79 Å². The number of amides is 1. The number of rotatable bonds is 6. The molecule has 0 N–H and O–H groups in total. The maximum absolute atomic E-state index is 13.2. The molecule has 2 saturated heterocycles. The Bertz CT molecular complexity index is 868. The quantitative estimate of drug-likeness (QED) is 0.615. The van der Waals surface area contributed by atoms with Crippen LogP contribution in [-0.4, -0.2) is 35.5 Å².